The fourth-order valence-electron chi connectivity index (χ4n) is 8.71. The average Bonchev–Trinajstić information content (AvgIpc) is 3.85. The molecule has 3 aromatic rings. The molecule has 0 radical (unpaired) electrons. The van der Waals surface area contributed by atoms with Crippen LogP contribution in [0.2, 0.25) is 0 Å². The molecule has 5 fully saturated rings. The summed E-state index contributed by atoms with van der Waals surface area (Å²) in [5, 5.41) is 11.0. The zero-order valence-corrected chi connectivity index (χ0v) is 40.3. The third-order valence-corrected chi connectivity index (χ3v) is 22.1. The van der Waals surface area contributed by atoms with E-state index < -0.39 is 151 Å². The number of rotatable bonds is 5. The van der Waals surface area contributed by atoms with Gasteiger partial charge in [-0.1, -0.05) is 0 Å². The third-order valence-electron chi connectivity index (χ3n) is 11.4. The minimum absolute atomic E-state index is 0.00576. The molecule has 8 aliphatic rings. The van der Waals surface area contributed by atoms with E-state index in [0.29, 0.717) is 28.4 Å². The normalized spacial score (nSPS) is 26.7. The number of carbonyl (C=O) groups excluding carboxylic acids is 6. The van der Waals surface area contributed by atoms with Crippen molar-refractivity contribution >= 4 is 103 Å². The van der Waals surface area contributed by atoms with Crippen molar-refractivity contribution in [1.29, 1.82) is 0 Å². The number of fused-ring (bicyclic) bond motifs is 3. The second kappa shape index (κ2) is 18.1. The zero-order valence-electron chi connectivity index (χ0n) is 33.8. The zero-order chi connectivity index (χ0) is 48.4. The van der Waals surface area contributed by atoms with Gasteiger partial charge in [-0.25, -0.2) is 0 Å². The Hall–Kier alpha value is -4.50. The summed E-state index contributed by atoms with van der Waals surface area (Å²) in [6.45, 7) is -1.63. The molecule has 2 unspecified atom stereocenters. The Balaban J connectivity index is 0.000000162. The quantitative estimate of drug-likeness (QED) is 0.101. The van der Waals surface area contributed by atoms with E-state index in [-0.39, 0.29) is 45.1 Å². The molecule has 0 N–H and O–H groups in total. The Kier molecular flexibility index (Phi) is 13.2. The van der Waals surface area contributed by atoms with Crippen LogP contribution in [-0.2, 0) is 42.3 Å². The summed E-state index contributed by atoms with van der Waals surface area (Å²) in [4.78, 5) is 80.0. The van der Waals surface area contributed by atoms with Crippen LogP contribution in [0, 0.1) is 44.0 Å². The number of non-ortho nitro benzene ring substituents is 1. The number of hydrogen-bond acceptors (Lipinski definition) is 16. The first kappa shape index (κ1) is 48.9. The third kappa shape index (κ3) is 9.36. The average molecular weight is 1300 g/mol. The SMILES string of the molecule is CC(=O)OI1OC(=O)c2ccccc21.O=C1OI(OC(=O)C(F)(F)F)c2ccccc21.O=C1OI(OC(=O)C23CC4CC(C2)C2(OCC(F)(F)C(F)(F)CO2)C(C4)C3)c2ccc([N+](=O)[O-])cc21. The molecule has 27 heteroatoms. The molecule has 3 aromatic carbocycles. The van der Waals surface area contributed by atoms with Crippen LogP contribution >= 0.6 is 61.9 Å². The van der Waals surface area contributed by atoms with Crippen molar-refractivity contribution in [2.45, 2.75) is 62.8 Å². The van der Waals surface area contributed by atoms with E-state index in [2.05, 4.69) is 6.13 Å². The van der Waals surface area contributed by atoms with Gasteiger partial charge in [-0.05, 0) is 0 Å². The number of halogens is 10. The molecule has 0 aromatic heterocycles. The fraction of sp³-hybridized carbons (Fsp3) is 0.400. The van der Waals surface area contributed by atoms with E-state index >= 15 is 0 Å². The molecule has 4 saturated carbocycles. The minimum atomic E-state index is -5.08. The summed E-state index contributed by atoms with van der Waals surface area (Å²) in [7, 11) is 0. The summed E-state index contributed by atoms with van der Waals surface area (Å²) in [6, 6.07) is 16.6. The van der Waals surface area contributed by atoms with Gasteiger partial charge >= 0.3 is 399 Å². The molecular weight excluding hydrogens is 1260 g/mol. The standard InChI is InChI=1S/C22H20F4INO8.C9H4F3IO4.C9H7IO4/c23-20(24)9-33-22(34-10-21(20,25)26)12-3-11-4-13(22)8-19(6-11,7-12)18(30)36-27-16-2-1-14(28(31)32)5-15(16)17(29)35-27;10-9(11,12)8(15)17-13-6-4-2-1-3-5(6)7(14)16-13;1-6(11)13-10-8-5-3-2-4-7(8)9(12)14-10/h1-2,5,11-13H,3-4,6-10H2;1-4H;2-5H,1H3. The summed E-state index contributed by atoms with van der Waals surface area (Å²) >= 11 is -9.03. The van der Waals surface area contributed by atoms with Crippen LogP contribution in [0.15, 0.2) is 66.7 Å². The predicted octanol–water partition coefficient (Wildman–Crippen LogP) is 9.05. The van der Waals surface area contributed by atoms with E-state index in [1.165, 1.54) is 37.3 Å². The molecular formula is C40H31F7I3NO16. The molecule has 1 saturated heterocycles. The van der Waals surface area contributed by atoms with Crippen molar-refractivity contribution in [3.63, 3.8) is 0 Å². The Morgan fingerprint density at radius 2 is 1.15 bits per heavy atom. The van der Waals surface area contributed by atoms with Crippen LogP contribution in [-0.4, -0.2) is 77.8 Å². The van der Waals surface area contributed by atoms with Gasteiger partial charge in [-0.3, -0.25) is 0 Å². The van der Waals surface area contributed by atoms with Gasteiger partial charge in [-0.2, -0.15) is 0 Å². The van der Waals surface area contributed by atoms with Crippen molar-refractivity contribution < 1.29 is 92.3 Å². The van der Waals surface area contributed by atoms with Crippen LogP contribution in [0.25, 0.3) is 0 Å². The molecule has 1 spiro atoms. The number of carbonyl (C=O) groups is 6. The molecule has 11 rings (SSSR count). The van der Waals surface area contributed by atoms with Crippen molar-refractivity contribution in [3.8, 4) is 0 Å². The van der Waals surface area contributed by atoms with Crippen molar-refractivity contribution in [2.24, 2.45) is 23.2 Å². The van der Waals surface area contributed by atoms with Gasteiger partial charge in [0.25, 0.3) is 0 Å². The van der Waals surface area contributed by atoms with E-state index in [1.807, 2.05) is 0 Å². The molecule has 4 bridgehead atoms. The van der Waals surface area contributed by atoms with Gasteiger partial charge in [-0.15, -0.1) is 0 Å². The van der Waals surface area contributed by atoms with Gasteiger partial charge in [0.05, 0.1) is 0 Å². The van der Waals surface area contributed by atoms with Gasteiger partial charge < -0.3 is 0 Å². The summed E-state index contributed by atoms with van der Waals surface area (Å²) < 4.78 is 134. The second-order valence-electron chi connectivity index (χ2n) is 15.8. The molecule has 67 heavy (non-hydrogen) atoms. The van der Waals surface area contributed by atoms with Crippen LogP contribution in [0.4, 0.5) is 36.4 Å². The number of nitro benzene ring substituents is 1. The van der Waals surface area contributed by atoms with Crippen molar-refractivity contribution in [1.82, 2.24) is 0 Å². The van der Waals surface area contributed by atoms with Crippen LogP contribution in [0.1, 0.15) is 70.1 Å². The Morgan fingerprint density at radius 3 is 1.64 bits per heavy atom. The summed E-state index contributed by atoms with van der Waals surface area (Å²) in [5.74, 6) is -16.7. The van der Waals surface area contributed by atoms with Gasteiger partial charge in [0.15, 0.2) is 0 Å². The van der Waals surface area contributed by atoms with E-state index in [1.54, 1.807) is 30.3 Å². The van der Waals surface area contributed by atoms with Gasteiger partial charge in [0.1, 0.15) is 0 Å². The van der Waals surface area contributed by atoms with Crippen LogP contribution in [0.3, 0.4) is 0 Å². The van der Waals surface area contributed by atoms with Crippen LogP contribution in [0.5, 0.6) is 0 Å². The van der Waals surface area contributed by atoms with E-state index in [0.717, 1.165) is 9.64 Å². The topological polar surface area (TPSA) is 219 Å². The molecule has 4 heterocycles. The molecule has 4 aliphatic heterocycles. The number of alkyl halides is 7. The Labute approximate surface area is 396 Å². The number of nitro groups is 1. The first-order valence-corrected chi connectivity index (χ1v) is 28.0. The fourth-order valence-corrected chi connectivity index (χ4v) is 18.3. The molecule has 362 valence electrons. The van der Waals surface area contributed by atoms with Crippen molar-refractivity contribution in [2.75, 3.05) is 13.2 Å². The van der Waals surface area contributed by atoms with Gasteiger partial charge in [0, 0.05) is 0 Å². The number of nitrogens with zero attached hydrogens (tertiary/aromatic N) is 1. The van der Waals surface area contributed by atoms with Crippen molar-refractivity contribution in [3.05, 3.63) is 104 Å². The summed E-state index contributed by atoms with van der Waals surface area (Å²) in [6.07, 6.45) is -3.31. The number of hydrogen-bond donors (Lipinski definition) is 0. The number of ether oxygens (including phenoxy) is 2. The Morgan fingerprint density at radius 1 is 0.687 bits per heavy atom. The van der Waals surface area contributed by atoms with E-state index in [9.17, 15) is 69.6 Å². The summed E-state index contributed by atoms with van der Waals surface area (Å²) in [5.41, 5.74) is -0.611. The predicted molar refractivity (Wildman–Crippen MR) is 231 cm³/mol. The van der Waals surface area contributed by atoms with E-state index in [4.69, 9.17) is 21.7 Å². The molecule has 4 aliphatic carbocycles. The maximum absolute atomic E-state index is 14.0. The second-order valence-corrected chi connectivity index (χ2v) is 25.6. The maximum atomic E-state index is 14.0. The molecule has 2 atom stereocenters. The molecule has 17 nitrogen and oxygen atoms in total. The monoisotopic (exact) mass is 1290 g/mol. The van der Waals surface area contributed by atoms with Gasteiger partial charge in [0.2, 0.25) is 0 Å². The Bertz CT molecular complexity index is 2540. The number of benzene rings is 3. The van der Waals surface area contributed by atoms with Crippen LogP contribution < -0.4 is 0 Å². The molecule has 0 amide bonds. The first-order valence-electron chi connectivity index (χ1n) is 19.4. The first-order chi connectivity index (χ1) is 31.4.